The summed E-state index contributed by atoms with van der Waals surface area (Å²) in [6.45, 7) is 2.94. The molecule has 1 aromatic carbocycles. The van der Waals surface area contributed by atoms with Crippen LogP contribution in [0.25, 0.3) is 0 Å². The Balaban J connectivity index is 2.10. The van der Waals surface area contributed by atoms with Crippen molar-refractivity contribution >= 4 is 0 Å². The maximum absolute atomic E-state index is 5.83. The van der Waals surface area contributed by atoms with E-state index in [4.69, 9.17) is 5.73 Å². The van der Waals surface area contributed by atoms with E-state index in [0.717, 1.165) is 0 Å². The van der Waals surface area contributed by atoms with Crippen molar-refractivity contribution in [3.05, 3.63) is 35.9 Å². The third-order valence-corrected chi connectivity index (χ3v) is 3.67. The number of nitrogens with one attached hydrogen (secondary N) is 2. The molecule has 0 aromatic heterocycles. The molecule has 0 radical (unpaired) electrons. The molecule has 3 atom stereocenters. The second-order valence-corrected chi connectivity index (χ2v) is 4.83. The predicted octanol–water partition coefficient (Wildman–Crippen LogP) is 1.97. The van der Waals surface area contributed by atoms with Crippen LogP contribution < -0.4 is 16.6 Å². The summed E-state index contributed by atoms with van der Waals surface area (Å²) in [6, 6.07) is 11.4. The smallest absolute Gasteiger partial charge is 0.0506 e. The van der Waals surface area contributed by atoms with Crippen molar-refractivity contribution in [2.75, 3.05) is 6.54 Å². The van der Waals surface area contributed by atoms with Crippen LogP contribution in [0.4, 0.5) is 0 Å². The van der Waals surface area contributed by atoms with E-state index >= 15 is 0 Å². The fourth-order valence-electron chi connectivity index (χ4n) is 2.68. The van der Waals surface area contributed by atoms with E-state index in [-0.39, 0.29) is 0 Å². The molecule has 1 aliphatic heterocycles. The van der Waals surface area contributed by atoms with Crippen LogP contribution in [0.2, 0.25) is 0 Å². The van der Waals surface area contributed by atoms with E-state index < -0.39 is 0 Å². The van der Waals surface area contributed by atoms with Crippen LogP contribution in [0.15, 0.2) is 30.3 Å². The summed E-state index contributed by atoms with van der Waals surface area (Å²) < 4.78 is 0. The van der Waals surface area contributed by atoms with Gasteiger partial charge in [0.05, 0.1) is 6.04 Å². The van der Waals surface area contributed by atoms with E-state index in [1.807, 2.05) is 0 Å². The van der Waals surface area contributed by atoms with Crippen molar-refractivity contribution in [3.63, 3.8) is 0 Å². The summed E-state index contributed by atoms with van der Waals surface area (Å²) in [5.41, 5.74) is 13.9. The van der Waals surface area contributed by atoms with Crippen molar-refractivity contribution in [2.45, 2.75) is 38.3 Å². The van der Waals surface area contributed by atoms with Crippen LogP contribution in [0.1, 0.15) is 37.8 Å². The van der Waals surface area contributed by atoms with Crippen molar-refractivity contribution in [2.24, 2.45) is 11.7 Å². The first-order valence-corrected chi connectivity index (χ1v) is 6.63. The molecule has 0 bridgehead atoms. The molecule has 0 amide bonds. The average Bonchev–Trinajstić information content (AvgIpc) is 2.80. The Morgan fingerprint density at radius 1 is 1.18 bits per heavy atom. The molecule has 1 fully saturated rings. The molecular formula is C14H23N3. The Labute approximate surface area is 104 Å². The molecule has 94 valence electrons. The molecule has 0 saturated carbocycles. The molecule has 4 N–H and O–H groups in total. The third-order valence-electron chi connectivity index (χ3n) is 3.67. The molecule has 0 aliphatic carbocycles. The third kappa shape index (κ3) is 2.86. The van der Waals surface area contributed by atoms with Gasteiger partial charge in [0.2, 0.25) is 0 Å². The number of rotatable bonds is 5. The molecule has 17 heavy (non-hydrogen) atoms. The molecular weight excluding hydrogens is 210 g/mol. The van der Waals surface area contributed by atoms with Gasteiger partial charge in [-0.15, -0.1) is 0 Å². The second-order valence-electron chi connectivity index (χ2n) is 4.83. The molecule has 0 spiro atoms. The fourth-order valence-corrected chi connectivity index (χ4v) is 2.68. The molecule has 3 unspecified atom stereocenters. The van der Waals surface area contributed by atoms with Crippen molar-refractivity contribution in [3.8, 4) is 0 Å². The lowest BCUT2D eigenvalue weighted by molar-refractivity contribution is 0.380. The Morgan fingerprint density at radius 3 is 2.59 bits per heavy atom. The number of benzene rings is 1. The Kier molecular flexibility index (Phi) is 4.54. The molecule has 2 rings (SSSR count). The Bertz CT molecular complexity index is 325. The second kappa shape index (κ2) is 6.15. The van der Waals surface area contributed by atoms with Gasteiger partial charge in [-0.25, -0.2) is 5.43 Å². The van der Waals surface area contributed by atoms with Gasteiger partial charge in [-0.3, -0.25) is 5.43 Å². The zero-order chi connectivity index (χ0) is 12.1. The van der Waals surface area contributed by atoms with Gasteiger partial charge in [0, 0.05) is 12.6 Å². The van der Waals surface area contributed by atoms with Crippen LogP contribution in [0.5, 0.6) is 0 Å². The molecule has 1 heterocycles. The number of hydrogen-bond acceptors (Lipinski definition) is 3. The Morgan fingerprint density at radius 2 is 1.94 bits per heavy atom. The molecule has 3 heteroatoms. The first kappa shape index (κ1) is 12.6. The minimum absolute atomic E-state index is 0.395. The van der Waals surface area contributed by atoms with Crippen LogP contribution in [-0.4, -0.2) is 12.6 Å². The van der Waals surface area contributed by atoms with E-state index in [2.05, 4.69) is 48.1 Å². The number of nitrogens with two attached hydrogens (primary N) is 1. The van der Waals surface area contributed by atoms with Gasteiger partial charge in [0.1, 0.15) is 0 Å². The van der Waals surface area contributed by atoms with Crippen LogP contribution in [0, 0.1) is 5.92 Å². The summed E-state index contributed by atoms with van der Waals surface area (Å²) in [5, 5.41) is 0. The summed E-state index contributed by atoms with van der Waals surface area (Å²) in [7, 11) is 0. The van der Waals surface area contributed by atoms with E-state index in [1.54, 1.807) is 0 Å². The number of hydrazine groups is 1. The summed E-state index contributed by atoms with van der Waals surface area (Å²) in [6.07, 6.45) is 3.75. The van der Waals surface area contributed by atoms with Crippen LogP contribution >= 0.6 is 0 Å². The van der Waals surface area contributed by atoms with Gasteiger partial charge >= 0.3 is 0 Å². The number of unbranched alkanes of at least 4 members (excludes halogenated alkanes) is 1. The Hall–Kier alpha value is -0.900. The molecule has 1 aliphatic rings. The standard InChI is InChI=1S/C14H23N3/c1-2-3-9-12-13(10-15)16-17-14(12)11-7-5-4-6-8-11/h4-8,12-14,16-17H,2-3,9-10,15H2,1H3. The lowest BCUT2D eigenvalue weighted by Gasteiger charge is -2.22. The lowest BCUT2D eigenvalue weighted by atomic mass is 9.85. The minimum Gasteiger partial charge on any atom is -0.329 e. The highest BCUT2D eigenvalue weighted by Crippen LogP contribution is 2.32. The van der Waals surface area contributed by atoms with Gasteiger partial charge < -0.3 is 5.73 Å². The fraction of sp³-hybridized carbons (Fsp3) is 0.571. The molecule has 1 aromatic rings. The highest BCUT2D eigenvalue weighted by Gasteiger charge is 2.34. The quantitative estimate of drug-likeness (QED) is 0.729. The highest BCUT2D eigenvalue weighted by atomic mass is 15.4. The van der Waals surface area contributed by atoms with Crippen molar-refractivity contribution in [1.82, 2.24) is 10.9 Å². The first-order valence-electron chi connectivity index (χ1n) is 6.63. The van der Waals surface area contributed by atoms with E-state index in [9.17, 15) is 0 Å². The molecule has 1 saturated heterocycles. The zero-order valence-corrected chi connectivity index (χ0v) is 10.5. The largest absolute Gasteiger partial charge is 0.329 e. The van der Waals surface area contributed by atoms with E-state index in [1.165, 1.54) is 24.8 Å². The van der Waals surface area contributed by atoms with Gasteiger partial charge in [-0.05, 0) is 17.9 Å². The van der Waals surface area contributed by atoms with Crippen LogP contribution in [0.3, 0.4) is 0 Å². The zero-order valence-electron chi connectivity index (χ0n) is 10.5. The van der Waals surface area contributed by atoms with Gasteiger partial charge in [0.25, 0.3) is 0 Å². The average molecular weight is 233 g/mol. The lowest BCUT2D eigenvalue weighted by Crippen LogP contribution is -2.37. The maximum Gasteiger partial charge on any atom is 0.0506 e. The predicted molar refractivity (Wildman–Crippen MR) is 71.3 cm³/mol. The minimum atomic E-state index is 0.395. The van der Waals surface area contributed by atoms with Gasteiger partial charge in [-0.1, -0.05) is 50.1 Å². The van der Waals surface area contributed by atoms with Crippen LogP contribution in [-0.2, 0) is 0 Å². The first-order chi connectivity index (χ1) is 8.36. The summed E-state index contributed by atoms with van der Waals surface area (Å²) in [5.74, 6) is 0.599. The maximum atomic E-state index is 5.83. The number of hydrogen-bond donors (Lipinski definition) is 3. The van der Waals surface area contributed by atoms with Crippen molar-refractivity contribution < 1.29 is 0 Å². The normalized spacial score (nSPS) is 28.5. The summed E-state index contributed by atoms with van der Waals surface area (Å²) >= 11 is 0. The SMILES string of the molecule is CCCCC1C(CN)NNC1c1ccccc1. The van der Waals surface area contributed by atoms with E-state index in [0.29, 0.717) is 24.5 Å². The van der Waals surface area contributed by atoms with Gasteiger partial charge in [-0.2, -0.15) is 0 Å². The topological polar surface area (TPSA) is 50.1 Å². The van der Waals surface area contributed by atoms with Crippen molar-refractivity contribution in [1.29, 1.82) is 0 Å². The highest BCUT2D eigenvalue weighted by molar-refractivity contribution is 5.21. The van der Waals surface area contributed by atoms with Gasteiger partial charge in [0.15, 0.2) is 0 Å². The summed E-state index contributed by atoms with van der Waals surface area (Å²) in [4.78, 5) is 0. The molecule has 3 nitrogen and oxygen atoms in total. The monoisotopic (exact) mass is 233 g/mol.